The zero-order chi connectivity index (χ0) is 34.3. The molecule has 0 aliphatic carbocycles. The van der Waals surface area contributed by atoms with Crippen LogP contribution in [0.4, 0.5) is 4.79 Å². The van der Waals surface area contributed by atoms with E-state index < -0.39 is 0 Å². The summed E-state index contributed by atoms with van der Waals surface area (Å²) in [4.78, 5) is 14.6. The molecule has 0 saturated heterocycles. The molecule has 0 aliphatic heterocycles. The molecule has 47 heavy (non-hydrogen) atoms. The van der Waals surface area contributed by atoms with Crippen molar-refractivity contribution in [2.75, 3.05) is 27.2 Å². The van der Waals surface area contributed by atoms with E-state index in [1.807, 2.05) is 0 Å². The zero-order valence-electron chi connectivity index (χ0n) is 32.0. The minimum Gasteiger partial charge on any atom is -0.450 e. The summed E-state index contributed by atoms with van der Waals surface area (Å²) in [7, 11) is 4.10. The first-order valence-corrected chi connectivity index (χ1v) is 20.3. The number of amides is 1. The van der Waals surface area contributed by atoms with Crippen LogP contribution in [0.15, 0.2) is 48.6 Å². The molecule has 1 N–H and O–H groups in total. The molecule has 1 amide bonds. The lowest BCUT2D eigenvalue weighted by molar-refractivity contribution is 0.136. The van der Waals surface area contributed by atoms with Gasteiger partial charge in [-0.2, -0.15) is 0 Å². The Balaban J connectivity index is 4.06. The number of hydrogen-bond acceptors (Lipinski definition) is 3. The van der Waals surface area contributed by atoms with Crippen molar-refractivity contribution >= 4 is 6.09 Å². The quantitative estimate of drug-likeness (QED) is 0.0545. The van der Waals surface area contributed by atoms with Crippen molar-refractivity contribution in [2.45, 2.75) is 193 Å². The molecule has 0 aromatic carbocycles. The third kappa shape index (κ3) is 38.5. The van der Waals surface area contributed by atoms with Gasteiger partial charge in [-0.1, -0.05) is 152 Å². The standard InChI is InChI=1S/C43H80N2O2/c1-5-7-9-11-13-15-17-19-21-23-25-27-29-31-33-35-38-42(44-43(46)47-41-37-40-45(3)4)39-36-34-32-30-28-26-24-22-20-18-16-14-12-10-8-6-2/h13-16,19-22,42H,5-12,17-18,23-41H2,1-4H3,(H,44,46). The molecule has 0 rings (SSSR count). The second-order valence-corrected chi connectivity index (χ2v) is 13.9. The minimum atomic E-state index is -0.228. The van der Waals surface area contributed by atoms with E-state index in [2.05, 4.69) is 86.8 Å². The number of ether oxygens (including phenoxy) is 1. The van der Waals surface area contributed by atoms with Crippen LogP contribution >= 0.6 is 0 Å². The molecule has 0 fully saturated rings. The van der Waals surface area contributed by atoms with E-state index >= 15 is 0 Å². The van der Waals surface area contributed by atoms with E-state index in [4.69, 9.17) is 4.74 Å². The fraction of sp³-hybridized carbons (Fsp3) is 0.791. The van der Waals surface area contributed by atoms with Gasteiger partial charge in [0.05, 0.1) is 6.61 Å². The lowest BCUT2D eigenvalue weighted by Gasteiger charge is -2.19. The van der Waals surface area contributed by atoms with Crippen LogP contribution in [0.3, 0.4) is 0 Å². The third-order valence-electron chi connectivity index (χ3n) is 8.81. The molecule has 0 bridgehead atoms. The number of nitrogens with one attached hydrogen (secondary N) is 1. The maximum atomic E-state index is 12.5. The number of carbonyl (C=O) groups excluding carboxylic acids is 1. The molecule has 0 saturated carbocycles. The number of allylic oxidation sites excluding steroid dienone is 8. The van der Waals surface area contributed by atoms with Crippen LogP contribution in [0, 0.1) is 0 Å². The molecule has 274 valence electrons. The van der Waals surface area contributed by atoms with Crippen molar-refractivity contribution in [3.8, 4) is 0 Å². The summed E-state index contributed by atoms with van der Waals surface area (Å²) in [6, 6.07) is 0.244. The number of carbonyl (C=O) groups is 1. The summed E-state index contributed by atoms with van der Waals surface area (Å²) in [5.74, 6) is 0. The number of rotatable bonds is 35. The second kappa shape index (κ2) is 38.6. The summed E-state index contributed by atoms with van der Waals surface area (Å²) in [6.07, 6.45) is 51.9. The van der Waals surface area contributed by atoms with Crippen molar-refractivity contribution in [1.29, 1.82) is 0 Å². The first-order valence-electron chi connectivity index (χ1n) is 20.3. The van der Waals surface area contributed by atoms with Gasteiger partial charge in [-0.05, 0) is 97.6 Å². The molecule has 0 aromatic heterocycles. The Bertz CT molecular complexity index is 707. The molecule has 0 unspecified atom stereocenters. The highest BCUT2D eigenvalue weighted by molar-refractivity contribution is 5.67. The Morgan fingerprint density at radius 1 is 0.532 bits per heavy atom. The Morgan fingerprint density at radius 3 is 1.32 bits per heavy atom. The Kier molecular flexibility index (Phi) is 37.1. The normalized spacial score (nSPS) is 12.9. The van der Waals surface area contributed by atoms with Gasteiger partial charge >= 0.3 is 6.09 Å². The maximum absolute atomic E-state index is 12.5. The summed E-state index contributed by atoms with van der Waals surface area (Å²) >= 11 is 0. The van der Waals surface area contributed by atoms with Gasteiger partial charge in [0.25, 0.3) is 0 Å². The minimum absolute atomic E-state index is 0.228. The van der Waals surface area contributed by atoms with Crippen LogP contribution in [0.25, 0.3) is 0 Å². The highest BCUT2D eigenvalue weighted by atomic mass is 16.5. The van der Waals surface area contributed by atoms with Crippen LogP contribution in [-0.4, -0.2) is 44.3 Å². The lowest BCUT2D eigenvalue weighted by atomic mass is 10.00. The Morgan fingerprint density at radius 2 is 0.915 bits per heavy atom. The average molecular weight is 657 g/mol. The van der Waals surface area contributed by atoms with Crippen molar-refractivity contribution in [1.82, 2.24) is 10.2 Å². The van der Waals surface area contributed by atoms with E-state index in [0.717, 1.165) is 38.6 Å². The highest BCUT2D eigenvalue weighted by Gasteiger charge is 2.13. The van der Waals surface area contributed by atoms with Gasteiger partial charge in [-0.3, -0.25) is 0 Å². The molecule has 0 spiro atoms. The smallest absolute Gasteiger partial charge is 0.407 e. The van der Waals surface area contributed by atoms with Crippen LogP contribution in [-0.2, 0) is 4.74 Å². The van der Waals surface area contributed by atoms with Gasteiger partial charge in [-0.15, -0.1) is 0 Å². The number of unbranched alkanes of at least 4 members (excludes halogenated alkanes) is 18. The van der Waals surface area contributed by atoms with Gasteiger partial charge in [0.2, 0.25) is 0 Å². The fourth-order valence-corrected chi connectivity index (χ4v) is 5.80. The molecule has 0 aliphatic rings. The summed E-state index contributed by atoms with van der Waals surface area (Å²) in [5.41, 5.74) is 0. The lowest BCUT2D eigenvalue weighted by Crippen LogP contribution is -2.35. The van der Waals surface area contributed by atoms with Crippen molar-refractivity contribution in [3.05, 3.63) is 48.6 Å². The predicted octanol–water partition coefficient (Wildman–Crippen LogP) is 13.4. The SMILES string of the molecule is CCCCCC=CCC=CCCCCCCCCC(CCCCCCCCC=CCC=CCCCCC)NC(=O)OCCCN(C)C. The van der Waals surface area contributed by atoms with Crippen LogP contribution in [0.1, 0.15) is 187 Å². The number of hydrogen-bond donors (Lipinski definition) is 1. The van der Waals surface area contributed by atoms with Gasteiger partial charge in [0.15, 0.2) is 0 Å². The molecule has 0 radical (unpaired) electrons. The van der Waals surface area contributed by atoms with Crippen LogP contribution < -0.4 is 5.32 Å². The van der Waals surface area contributed by atoms with Gasteiger partial charge < -0.3 is 15.0 Å². The summed E-state index contributed by atoms with van der Waals surface area (Å²) in [6.45, 7) is 5.95. The van der Waals surface area contributed by atoms with Crippen LogP contribution in [0.5, 0.6) is 0 Å². The van der Waals surface area contributed by atoms with Crippen LogP contribution in [0.2, 0.25) is 0 Å². The Labute approximate surface area is 294 Å². The van der Waals surface area contributed by atoms with E-state index in [9.17, 15) is 4.79 Å². The summed E-state index contributed by atoms with van der Waals surface area (Å²) < 4.78 is 5.49. The maximum Gasteiger partial charge on any atom is 0.407 e. The topological polar surface area (TPSA) is 41.6 Å². The number of nitrogens with zero attached hydrogens (tertiary/aromatic N) is 1. The van der Waals surface area contributed by atoms with E-state index in [-0.39, 0.29) is 12.1 Å². The van der Waals surface area contributed by atoms with Gasteiger partial charge in [0.1, 0.15) is 0 Å². The first kappa shape index (κ1) is 45.2. The zero-order valence-corrected chi connectivity index (χ0v) is 32.0. The second-order valence-electron chi connectivity index (χ2n) is 13.9. The molecule has 4 nitrogen and oxygen atoms in total. The van der Waals surface area contributed by atoms with Gasteiger partial charge in [-0.25, -0.2) is 4.79 Å². The monoisotopic (exact) mass is 657 g/mol. The van der Waals surface area contributed by atoms with Crippen molar-refractivity contribution in [3.63, 3.8) is 0 Å². The first-order chi connectivity index (χ1) is 23.1. The molecule has 0 aromatic rings. The summed E-state index contributed by atoms with van der Waals surface area (Å²) in [5, 5.41) is 3.21. The Hall–Kier alpha value is -1.81. The molecular weight excluding hydrogens is 576 g/mol. The number of alkyl carbamates (subject to hydrolysis) is 1. The predicted molar refractivity (Wildman–Crippen MR) is 209 cm³/mol. The third-order valence-corrected chi connectivity index (χ3v) is 8.81. The molecule has 0 atom stereocenters. The van der Waals surface area contributed by atoms with Gasteiger partial charge in [0, 0.05) is 12.6 Å². The fourth-order valence-electron chi connectivity index (χ4n) is 5.80. The largest absolute Gasteiger partial charge is 0.450 e. The molecule has 4 heteroatoms. The van der Waals surface area contributed by atoms with E-state index in [0.29, 0.717) is 6.61 Å². The van der Waals surface area contributed by atoms with Crippen molar-refractivity contribution in [2.24, 2.45) is 0 Å². The van der Waals surface area contributed by atoms with Crippen molar-refractivity contribution < 1.29 is 9.53 Å². The molecular formula is C43H80N2O2. The average Bonchev–Trinajstić information content (AvgIpc) is 3.06. The molecule has 0 heterocycles. The van der Waals surface area contributed by atoms with E-state index in [1.165, 1.54) is 141 Å². The highest BCUT2D eigenvalue weighted by Crippen LogP contribution is 2.16. The van der Waals surface area contributed by atoms with E-state index in [1.54, 1.807) is 0 Å².